The molecule has 0 unspecified atom stereocenters. The van der Waals surface area contributed by atoms with E-state index in [1.54, 1.807) is 0 Å². The molecular weight excluding hydrogens is 240 g/mol. The van der Waals surface area contributed by atoms with Crippen molar-refractivity contribution >= 4 is 0 Å². The molecule has 100 valence electrons. The number of methoxy groups -OCH3 is 1. The largest absolute Gasteiger partial charge is 0.505 e. The molecular formula is C13H17F2NO2. The minimum Gasteiger partial charge on any atom is -0.505 e. The monoisotopic (exact) mass is 257 g/mol. The fraction of sp³-hybridized carbons (Fsp3) is 0.538. The minimum absolute atomic E-state index is 0.126. The minimum atomic E-state index is -0.916. The molecule has 3 nitrogen and oxygen atoms in total. The van der Waals surface area contributed by atoms with Crippen molar-refractivity contribution in [3.63, 3.8) is 0 Å². The lowest BCUT2D eigenvalue weighted by Crippen LogP contribution is -2.34. The van der Waals surface area contributed by atoms with Crippen LogP contribution in [0.3, 0.4) is 0 Å². The van der Waals surface area contributed by atoms with Gasteiger partial charge in [-0.1, -0.05) is 12.8 Å². The van der Waals surface area contributed by atoms with E-state index < -0.39 is 22.8 Å². The molecule has 0 aromatic heterocycles. The molecule has 3 N–H and O–H groups in total. The summed E-state index contributed by atoms with van der Waals surface area (Å²) in [4.78, 5) is 0. The zero-order chi connectivity index (χ0) is 13.3. The number of phenols is 1. The Morgan fingerprint density at radius 1 is 1.33 bits per heavy atom. The maximum Gasteiger partial charge on any atom is 0.172 e. The molecule has 0 amide bonds. The van der Waals surface area contributed by atoms with Gasteiger partial charge in [-0.25, -0.2) is 8.78 Å². The molecule has 18 heavy (non-hydrogen) atoms. The van der Waals surface area contributed by atoms with E-state index in [4.69, 9.17) is 10.5 Å². The third-order valence-electron chi connectivity index (χ3n) is 3.85. The molecule has 0 heterocycles. The SMILES string of the molecule is COc1cc(O)c(F)c(C2(CN)CCCC2)c1F. The molecule has 0 radical (unpaired) electrons. The second-order valence-corrected chi connectivity index (χ2v) is 4.79. The molecule has 0 spiro atoms. The van der Waals surface area contributed by atoms with Gasteiger partial charge in [0.25, 0.3) is 0 Å². The Balaban J connectivity index is 2.65. The van der Waals surface area contributed by atoms with E-state index in [0.29, 0.717) is 12.8 Å². The van der Waals surface area contributed by atoms with Crippen molar-refractivity contribution in [2.45, 2.75) is 31.1 Å². The van der Waals surface area contributed by atoms with Crippen LogP contribution < -0.4 is 10.5 Å². The quantitative estimate of drug-likeness (QED) is 0.874. The van der Waals surface area contributed by atoms with Crippen molar-refractivity contribution in [2.75, 3.05) is 13.7 Å². The van der Waals surface area contributed by atoms with Gasteiger partial charge in [-0.2, -0.15) is 0 Å². The Hall–Kier alpha value is -1.36. The highest BCUT2D eigenvalue weighted by Crippen LogP contribution is 2.46. The zero-order valence-corrected chi connectivity index (χ0v) is 10.3. The Morgan fingerprint density at radius 3 is 2.44 bits per heavy atom. The van der Waals surface area contributed by atoms with Gasteiger partial charge in [-0.05, 0) is 12.8 Å². The number of benzene rings is 1. The van der Waals surface area contributed by atoms with Gasteiger partial charge in [0.2, 0.25) is 0 Å². The van der Waals surface area contributed by atoms with Crippen molar-refractivity contribution in [3.05, 3.63) is 23.3 Å². The van der Waals surface area contributed by atoms with Crippen molar-refractivity contribution in [1.29, 1.82) is 0 Å². The molecule has 1 aliphatic rings. The van der Waals surface area contributed by atoms with Crippen LogP contribution in [0.1, 0.15) is 31.2 Å². The Bertz CT molecular complexity index is 457. The molecule has 1 fully saturated rings. The Morgan fingerprint density at radius 2 is 1.94 bits per heavy atom. The van der Waals surface area contributed by atoms with Gasteiger partial charge in [0, 0.05) is 23.6 Å². The summed E-state index contributed by atoms with van der Waals surface area (Å²) in [6, 6.07) is 0.952. The van der Waals surface area contributed by atoms with Crippen LogP contribution >= 0.6 is 0 Å². The number of halogens is 2. The predicted octanol–water partition coefficient (Wildman–Crippen LogP) is 2.45. The normalized spacial score (nSPS) is 18.0. The van der Waals surface area contributed by atoms with Crippen LogP contribution in [0.5, 0.6) is 11.5 Å². The van der Waals surface area contributed by atoms with E-state index >= 15 is 0 Å². The first-order chi connectivity index (χ1) is 8.55. The zero-order valence-electron chi connectivity index (χ0n) is 10.3. The molecule has 1 aliphatic carbocycles. The summed E-state index contributed by atoms with van der Waals surface area (Å²) in [5.41, 5.74) is 4.88. The molecule has 1 aromatic rings. The van der Waals surface area contributed by atoms with Crippen LogP contribution in [0.4, 0.5) is 8.78 Å². The Kier molecular flexibility index (Phi) is 3.43. The van der Waals surface area contributed by atoms with Gasteiger partial charge >= 0.3 is 0 Å². The highest BCUT2D eigenvalue weighted by molar-refractivity contribution is 5.45. The molecule has 0 aliphatic heterocycles. The van der Waals surface area contributed by atoms with Crippen molar-refractivity contribution in [3.8, 4) is 11.5 Å². The lowest BCUT2D eigenvalue weighted by molar-refractivity contribution is 0.339. The number of nitrogens with two attached hydrogens (primary N) is 1. The third kappa shape index (κ3) is 1.82. The Labute approximate surface area is 105 Å². The second-order valence-electron chi connectivity index (χ2n) is 4.79. The van der Waals surface area contributed by atoms with E-state index in [9.17, 15) is 13.9 Å². The lowest BCUT2D eigenvalue weighted by atomic mass is 9.78. The smallest absolute Gasteiger partial charge is 0.172 e. The number of aromatic hydroxyl groups is 1. The van der Waals surface area contributed by atoms with Crippen LogP contribution in [0, 0.1) is 11.6 Å². The third-order valence-corrected chi connectivity index (χ3v) is 3.85. The molecule has 0 bridgehead atoms. The molecule has 0 saturated heterocycles. The van der Waals surface area contributed by atoms with Crippen molar-refractivity contribution in [1.82, 2.24) is 0 Å². The molecule has 0 atom stereocenters. The first kappa shape index (κ1) is 13.1. The highest BCUT2D eigenvalue weighted by Gasteiger charge is 2.40. The van der Waals surface area contributed by atoms with E-state index in [-0.39, 0.29) is 17.9 Å². The maximum absolute atomic E-state index is 14.3. The van der Waals surface area contributed by atoms with Crippen LogP contribution in [-0.2, 0) is 5.41 Å². The summed E-state index contributed by atoms with van der Waals surface area (Å²) in [5.74, 6) is -2.41. The second kappa shape index (κ2) is 4.72. The standard InChI is InChI=1S/C13H17F2NO2/c1-18-9-6-8(17)11(14)10(12(9)15)13(7-16)4-2-3-5-13/h6,17H,2-5,7,16H2,1H3. The van der Waals surface area contributed by atoms with E-state index in [1.807, 2.05) is 0 Å². The summed E-state index contributed by atoms with van der Waals surface area (Å²) in [6.45, 7) is 0.160. The fourth-order valence-corrected chi connectivity index (χ4v) is 2.82. The fourth-order valence-electron chi connectivity index (χ4n) is 2.82. The molecule has 2 rings (SSSR count). The van der Waals surface area contributed by atoms with Crippen LogP contribution in [0.25, 0.3) is 0 Å². The van der Waals surface area contributed by atoms with Crippen LogP contribution in [0.15, 0.2) is 6.07 Å². The lowest BCUT2D eigenvalue weighted by Gasteiger charge is -2.29. The first-order valence-electron chi connectivity index (χ1n) is 6.01. The van der Waals surface area contributed by atoms with Gasteiger partial charge < -0.3 is 15.6 Å². The number of hydrogen-bond acceptors (Lipinski definition) is 3. The van der Waals surface area contributed by atoms with Gasteiger partial charge in [-0.15, -0.1) is 0 Å². The van der Waals surface area contributed by atoms with Crippen molar-refractivity contribution in [2.24, 2.45) is 5.73 Å². The van der Waals surface area contributed by atoms with Gasteiger partial charge in [0.1, 0.15) is 0 Å². The van der Waals surface area contributed by atoms with E-state index in [1.165, 1.54) is 7.11 Å². The van der Waals surface area contributed by atoms with Crippen LogP contribution in [-0.4, -0.2) is 18.8 Å². The summed E-state index contributed by atoms with van der Waals surface area (Å²) < 4.78 is 33.2. The topological polar surface area (TPSA) is 55.5 Å². The molecule has 5 heteroatoms. The van der Waals surface area contributed by atoms with Crippen LogP contribution in [0.2, 0.25) is 0 Å². The number of hydrogen-bond donors (Lipinski definition) is 2. The summed E-state index contributed by atoms with van der Waals surface area (Å²) in [5, 5.41) is 9.54. The highest BCUT2D eigenvalue weighted by atomic mass is 19.1. The summed E-state index contributed by atoms with van der Waals surface area (Å²) in [7, 11) is 1.28. The van der Waals surface area contributed by atoms with Gasteiger partial charge in [0.05, 0.1) is 7.11 Å². The van der Waals surface area contributed by atoms with Crippen molar-refractivity contribution < 1.29 is 18.6 Å². The van der Waals surface area contributed by atoms with E-state index in [0.717, 1.165) is 18.9 Å². The summed E-state index contributed by atoms with van der Waals surface area (Å²) >= 11 is 0. The number of rotatable bonds is 3. The predicted molar refractivity (Wildman–Crippen MR) is 63.8 cm³/mol. The average Bonchev–Trinajstić information content (AvgIpc) is 2.84. The van der Waals surface area contributed by atoms with E-state index in [2.05, 4.69) is 0 Å². The maximum atomic E-state index is 14.3. The average molecular weight is 257 g/mol. The van der Waals surface area contributed by atoms with Gasteiger partial charge in [0.15, 0.2) is 23.1 Å². The molecule has 1 aromatic carbocycles. The summed E-state index contributed by atoms with van der Waals surface area (Å²) in [6.07, 6.45) is 3.02. The molecule has 1 saturated carbocycles. The number of ether oxygens (including phenoxy) is 1. The number of phenolic OH excluding ortho intramolecular Hbond substituents is 1. The van der Waals surface area contributed by atoms with Gasteiger partial charge in [-0.3, -0.25) is 0 Å². The first-order valence-corrected chi connectivity index (χ1v) is 6.01.